The summed E-state index contributed by atoms with van der Waals surface area (Å²) in [5.74, 6) is -3.00. The number of esters is 1. The average molecular weight is 672 g/mol. The summed E-state index contributed by atoms with van der Waals surface area (Å²) in [6.45, 7) is 19.1. The van der Waals surface area contributed by atoms with Crippen LogP contribution in [-0.4, -0.2) is 83.9 Å². The molecule has 2 N–H and O–H groups in total. The molecule has 0 radical (unpaired) electrons. The van der Waals surface area contributed by atoms with Crippen LogP contribution in [0.25, 0.3) is 0 Å². The Morgan fingerprint density at radius 1 is 1.21 bits per heavy atom. The van der Waals surface area contributed by atoms with E-state index in [0.717, 1.165) is 5.56 Å². The Labute approximate surface area is 284 Å². The van der Waals surface area contributed by atoms with Gasteiger partial charge < -0.3 is 29.5 Å². The van der Waals surface area contributed by atoms with E-state index in [1.807, 2.05) is 26.8 Å². The molecule has 8 atom stereocenters. The molecule has 0 unspecified atom stereocenters. The van der Waals surface area contributed by atoms with Gasteiger partial charge in [0.1, 0.15) is 47.6 Å². The van der Waals surface area contributed by atoms with E-state index in [2.05, 4.69) is 27.3 Å². The average Bonchev–Trinajstić information content (AvgIpc) is 3.06. The van der Waals surface area contributed by atoms with E-state index in [1.165, 1.54) is 20.8 Å². The zero-order chi connectivity index (χ0) is 36.0. The second-order valence-corrected chi connectivity index (χ2v) is 13.6. The van der Waals surface area contributed by atoms with Crippen LogP contribution >= 0.6 is 0 Å². The molecule has 0 spiro atoms. The van der Waals surface area contributed by atoms with E-state index >= 15 is 0 Å². The number of ether oxygens (including phenoxy) is 3. The minimum atomic E-state index is -1.78. The summed E-state index contributed by atoms with van der Waals surface area (Å²) in [4.78, 5) is 49.7. The first-order valence-corrected chi connectivity index (χ1v) is 16.5. The predicted molar refractivity (Wildman–Crippen MR) is 182 cm³/mol. The summed E-state index contributed by atoms with van der Waals surface area (Å²) in [5, 5.41) is 24.9. The van der Waals surface area contributed by atoms with Gasteiger partial charge in [-0.15, -0.1) is 0 Å². The van der Waals surface area contributed by atoms with E-state index < -0.39 is 41.2 Å². The van der Waals surface area contributed by atoms with Crippen LogP contribution in [0.4, 0.5) is 5.82 Å². The zero-order valence-electron chi connectivity index (χ0n) is 30.0. The van der Waals surface area contributed by atoms with Gasteiger partial charge in [0, 0.05) is 44.1 Å². The number of rotatable bonds is 7. The molecule has 48 heavy (non-hydrogen) atoms. The summed E-state index contributed by atoms with van der Waals surface area (Å²) in [6, 6.07) is 3.63. The fourth-order valence-electron chi connectivity index (χ4n) is 6.56. The second-order valence-electron chi connectivity index (χ2n) is 13.6. The molecule has 1 amide bonds. The molecular formula is C35H53N5O8. The number of hydrogen-bond donors (Lipinski definition) is 2. The van der Waals surface area contributed by atoms with E-state index in [-0.39, 0.29) is 49.8 Å². The number of hydrogen-bond acceptors (Lipinski definition) is 12. The van der Waals surface area contributed by atoms with Crippen molar-refractivity contribution in [3.63, 3.8) is 0 Å². The van der Waals surface area contributed by atoms with Crippen LogP contribution in [0.5, 0.6) is 0 Å². The number of Topliss-reactive ketones (excluding diaryl/α,β-unsaturated/α-hetero) is 1. The molecule has 2 aliphatic heterocycles. The first-order valence-electron chi connectivity index (χ1n) is 16.5. The van der Waals surface area contributed by atoms with E-state index in [1.54, 1.807) is 45.1 Å². The van der Waals surface area contributed by atoms with Crippen molar-refractivity contribution < 1.29 is 38.5 Å². The van der Waals surface area contributed by atoms with Crippen molar-refractivity contribution in [3.05, 3.63) is 35.2 Å². The van der Waals surface area contributed by atoms with Gasteiger partial charge in [0.25, 0.3) is 0 Å². The summed E-state index contributed by atoms with van der Waals surface area (Å²) >= 11 is 0. The molecule has 0 aliphatic carbocycles. The Kier molecular flexibility index (Phi) is 13.0. The maximum Gasteiger partial charge on any atom is 0.316 e. The zero-order valence-corrected chi connectivity index (χ0v) is 30.0. The highest BCUT2D eigenvalue weighted by Crippen LogP contribution is 2.40. The van der Waals surface area contributed by atoms with Crippen molar-refractivity contribution in [1.29, 1.82) is 0 Å². The summed E-state index contributed by atoms with van der Waals surface area (Å²) in [7, 11) is 1.74. The molecule has 0 aromatic carbocycles. The van der Waals surface area contributed by atoms with Crippen LogP contribution in [0.1, 0.15) is 80.7 Å². The lowest BCUT2D eigenvalue weighted by Gasteiger charge is -2.42. The van der Waals surface area contributed by atoms with Gasteiger partial charge in [0.05, 0.1) is 18.8 Å². The molecule has 2 bridgehead atoms. The molecule has 1 aromatic rings. The van der Waals surface area contributed by atoms with Crippen molar-refractivity contribution in [2.75, 3.05) is 25.3 Å². The van der Waals surface area contributed by atoms with Gasteiger partial charge in [-0.3, -0.25) is 19.4 Å². The smallest absolute Gasteiger partial charge is 0.316 e. The molecule has 2 aliphatic rings. The van der Waals surface area contributed by atoms with Crippen molar-refractivity contribution >= 4 is 35.9 Å². The minimum Gasteiger partial charge on any atom is -0.459 e. The molecule has 0 fully saturated rings. The van der Waals surface area contributed by atoms with Gasteiger partial charge in [0.2, 0.25) is 5.91 Å². The number of amides is 1. The number of oxime groups is 1. The van der Waals surface area contributed by atoms with Crippen LogP contribution in [0.3, 0.4) is 0 Å². The van der Waals surface area contributed by atoms with Gasteiger partial charge in [-0.1, -0.05) is 38.9 Å². The maximum absolute atomic E-state index is 13.7. The van der Waals surface area contributed by atoms with Gasteiger partial charge in [-0.05, 0) is 64.0 Å². The highest BCUT2D eigenvalue weighted by molar-refractivity contribution is 5.99. The number of aliphatic hydroxyl groups is 1. The molecular weight excluding hydrogens is 618 g/mol. The largest absolute Gasteiger partial charge is 0.459 e. The Morgan fingerprint density at radius 2 is 1.90 bits per heavy atom. The predicted octanol–water partition coefficient (Wildman–Crippen LogP) is 4.18. The third-order valence-corrected chi connectivity index (χ3v) is 9.85. The molecule has 0 saturated carbocycles. The standard InChI is InChI=1S/C35H53N5O8/c1-12-28-35(9,44)32-22(4)30(38-25(7)41)20(2)15-34(8,24(6)21(3)31(42)23(5)33(43)48-28)46-19-27(18-45-32)39-47-17-26-13-14-29(37-16-26)40(11)36-10/h13-14,16,20-21,23-24,28,32,44H,10,12,15,17-19H2,1-9,11H3,(H,38,41)/b30-22+,39-27?/t20-,21-,23-,24-,28-,32-,34-,35-/m1/s1. The number of allylic oxidation sites excluding steroid dienone is 1. The Bertz CT molecular complexity index is 1390. The topological polar surface area (TPSA) is 161 Å². The number of nitrogens with zero attached hydrogens (tertiary/aromatic N) is 4. The number of nitrogens with one attached hydrogen (secondary N) is 1. The number of carbonyl (C=O) groups is 3. The number of pyridine rings is 1. The van der Waals surface area contributed by atoms with Gasteiger partial charge >= 0.3 is 5.97 Å². The number of anilines is 1. The third-order valence-electron chi connectivity index (χ3n) is 9.85. The fraction of sp³-hybridized carbons (Fsp3) is 0.657. The Balaban J connectivity index is 2.16. The van der Waals surface area contributed by atoms with Gasteiger partial charge in [-0.2, -0.15) is 5.10 Å². The van der Waals surface area contributed by atoms with Crippen molar-refractivity contribution in [2.24, 2.45) is 33.9 Å². The highest BCUT2D eigenvalue weighted by atomic mass is 16.6. The SMILES string of the molecule is C=NN(C)c1ccc(CON=C2CO[C@@H]3/C(C)=C(/NC(C)=O)[C@H](C)C[C@@](C)(OC2)[C@H](C)[C@@H](C)C(=O)[C@@H](C)C(=O)O[C@H](CC)[C@@]3(C)O)cn1. The van der Waals surface area contributed by atoms with Gasteiger partial charge in [-0.25, -0.2) is 4.98 Å². The molecule has 3 heterocycles. The van der Waals surface area contributed by atoms with Crippen molar-refractivity contribution in [3.8, 4) is 0 Å². The monoisotopic (exact) mass is 671 g/mol. The molecule has 0 saturated heterocycles. The Hall–Kier alpha value is -3.68. The van der Waals surface area contributed by atoms with Crippen LogP contribution < -0.4 is 10.3 Å². The molecule has 266 valence electrons. The molecule has 3 rings (SSSR count). The third kappa shape index (κ3) is 8.86. The Morgan fingerprint density at radius 3 is 2.48 bits per heavy atom. The highest BCUT2D eigenvalue weighted by Gasteiger charge is 2.48. The quantitative estimate of drug-likeness (QED) is 0.186. The number of fused-ring (bicyclic) bond motifs is 4. The van der Waals surface area contributed by atoms with Crippen LogP contribution in [0, 0.1) is 23.7 Å². The first kappa shape index (κ1) is 38.8. The molecule has 1 aromatic heterocycles. The van der Waals surface area contributed by atoms with E-state index in [4.69, 9.17) is 19.0 Å². The second kappa shape index (κ2) is 16.1. The van der Waals surface area contributed by atoms with Gasteiger partial charge in [0.15, 0.2) is 0 Å². The number of aromatic nitrogens is 1. The summed E-state index contributed by atoms with van der Waals surface area (Å²) < 4.78 is 19.0. The lowest BCUT2D eigenvalue weighted by molar-refractivity contribution is -0.184. The van der Waals surface area contributed by atoms with Crippen LogP contribution in [0.15, 0.2) is 39.9 Å². The van der Waals surface area contributed by atoms with Crippen molar-refractivity contribution in [2.45, 2.75) is 105 Å². The minimum absolute atomic E-state index is 0.00692. The van der Waals surface area contributed by atoms with E-state index in [0.29, 0.717) is 29.2 Å². The molecule has 13 nitrogen and oxygen atoms in total. The number of carbonyl (C=O) groups excluding carboxylic acids is 3. The summed E-state index contributed by atoms with van der Waals surface area (Å²) in [6.07, 6.45) is 0.176. The lowest BCUT2D eigenvalue weighted by atomic mass is 9.72. The molecule has 13 heteroatoms. The lowest BCUT2D eigenvalue weighted by Crippen LogP contribution is -2.54. The van der Waals surface area contributed by atoms with Crippen molar-refractivity contribution in [1.82, 2.24) is 10.3 Å². The normalized spacial score (nSPS) is 34.7. The fourth-order valence-corrected chi connectivity index (χ4v) is 6.56. The van der Waals surface area contributed by atoms with E-state index in [9.17, 15) is 19.5 Å². The number of hydrazone groups is 1. The first-order chi connectivity index (χ1) is 22.5. The number of ketones is 1. The van der Waals surface area contributed by atoms with Crippen LogP contribution in [0.2, 0.25) is 0 Å². The summed E-state index contributed by atoms with van der Waals surface area (Å²) in [5.41, 5.74) is -0.441. The maximum atomic E-state index is 13.7. The number of cyclic esters (lactones) is 1. The van der Waals surface area contributed by atoms with Crippen LogP contribution in [-0.2, 0) is 40.0 Å².